The summed E-state index contributed by atoms with van der Waals surface area (Å²) in [5.41, 5.74) is 6.01. The molecule has 0 spiro atoms. The van der Waals surface area contributed by atoms with E-state index in [1.54, 1.807) is 30.3 Å². The lowest BCUT2D eigenvalue weighted by molar-refractivity contribution is 0.0999. The number of carbonyl (C=O) groups excluding carboxylic acids is 1. The maximum Gasteiger partial charge on any atom is 0.250 e. The number of ether oxygens (including phenoxy) is 2. The van der Waals surface area contributed by atoms with E-state index >= 15 is 0 Å². The highest BCUT2D eigenvalue weighted by molar-refractivity contribution is 7.93. The van der Waals surface area contributed by atoms with Crippen molar-refractivity contribution in [2.24, 2.45) is 5.73 Å². The Morgan fingerprint density at radius 1 is 1.19 bits per heavy atom. The molecule has 0 aliphatic carbocycles. The first-order valence-electron chi connectivity index (χ1n) is 10.8. The van der Waals surface area contributed by atoms with Crippen molar-refractivity contribution in [3.05, 3.63) is 65.1 Å². The molecule has 37 heavy (non-hydrogen) atoms. The van der Waals surface area contributed by atoms with Crippen molar-refractivity contribution >= 4 is 33.5 Å². The fourth-order valence-electron chi connectivity index (χ4n) is 3.63. The van der Waals surface area contributed by atoms with Gasteiger partial charge in [0.1, 0.15) is 17.2 Å². The topological polar surface area (TPSA) is 164 Å². The Morgan fingerprint density at radius 2 is 1.89 bits per heavy atom. The number of aromatic nitrogens is 4. The van der Waals surface area contributed by atoms with E-state index in [1.807, 2.05) is 0 Å². The zero-order valence-electron chi connectivity index (χ0n) is 20.0. The molecule has 1 aromatic carbocycles. The van der Waals surface area contributed by atoms with Crippen LogP contribution < -0.4 is 19.9 Å². The van der Waals surface area contributed by atoms with Crippen LogP contribution in [0.15, 0.2) is 53.3 Å². The second-order valence-electron chi connectivity index (χ2n) is 7.84. The van der Waals surface area contributed by atoms with Gasteiger partial charge in [-0.2, -0.15) is 0 Å². The van der Waals surface area contributed by atoms with Gasteiger partial charge in [0.05, 0.1) is 42.0 Å². The van der Waals surface area contributed by atoms with Gasteiger partial charge in [-0.25, -0.2) is 8.42 Å². The molecule has 0 saturated heterocycles. The molecule has 1 unspecified atom stereocenters. The van der Waals surface area contributed by atoms with Gasteiger partial charge >= 0.3 is 0 Å². The molecule has 4 rings (SSSR count). The highest BCUT2D eigenvalue weighted by atomic mass is 35.5. The largest absolute Gasteiger partial charge is 0.494 e. The third-order valence-electron chi connectivity index (χ3n) is 5.48. The van der Waals surface area contributed by atoms with E-state index in [0.29, 0.717) is 22.9 Å². The zero-order valence-corrected chi connectivity index (χ0v) is 21.6. The number of para-hydroxylation sites is 1. The molecule has 0 bridgehead atoms. The van der Waals surface area contributed by atoms with Gasteiger partial charge in [0.2, 0.25) is 21.8 Å². The summed E-state index contributed by atoms with van der Waals surface area (Å²) in [5, 5.41) is 7.37. The highest BCUT2D eigenvalue weighted by Gasteiger charge is 2.29. The Labute approximate surface area is 217 Å². The van der Waals surface area contributed by atoms with Gasteiger partial charge in [-0.1, -0.05) is 17.7 Å². The number of amides is 1. The minimum Gasteiger partial charge on any atom is -0.494 e. The number of nitrogens with zero attached hydrogens (tertiary/aromatic N) is 4. The lowest BCUT2D eigenvalue weighted by atomic mass is 10.1. The van der Waals surface area contributed by atoms with Crippen molar-refractivity contribution < 1.29 is 27.1 Å². The monoisotopic (exact) mass is 546 g/mol. The summed E-state index contributed by atoms with van der Waals surface area (Å²) in [6, 6.07) is 9.75. The lowest BCUT2D eigenvalue weighted by Gasteiger charge is -2.19. The van der Waals surface area contributed by atoms with E-state index in [-0.39, 0.29) is 34.5 Å². The van der Waals surface area contributed by atoms with Crippen molar-refractivity contribution in [1.82, 2.24) is 19.7 Å². The maximum absolute atomic E-state index is 13.4. The van der Waals surface area contributed by atoms with Gasteiger partial charge in [-0.15, -0.1) is 10.2 Å². The molecule has 0 fully saturated rings. The standard InChI is InChI=1S/C23H23ClN6O6S/c1-13(10-16-15(21(25)31)11-14(24)12-26-16)37(32,33)29-23-28-27-22(19-8-5-9-36-19)30(23)20-17(34-2)6-4-7-18(20)35-3/h4-9,11-13H,10H2,1-3H3,(H2,25,31)(H,28,29). The third-order valence-corrected chi connectivity index (χ3v) is 7.38. The molecule has 0 radical (unpaired) electrons. The van der Waals surface area contributed by atoms with Gasteiger partial charge in [-0.05, 0) is 37.3 Å². The van der Waals surface area contributed by atoms with Crippen LogP contribution in [0.1, 0.15) is 23.0 Å². The Morgan fingerprint density at radius 3 is 2.49 bits per heavy atom. The van der Waals surface area contributed by atoms with Crippen LogP contribution in [-0.2, 0) is 16.4 Å². The van der Waals surface area contributed by atoms with E-state index in [1.165, 1.54) is 44.2 Å². The normalized spacial score (nSPS) is 12.2. The first-order chi connectivity index (χ1) is 17.7. The Balaban J connectivity index is 1.77. The SMILES string of the molecule is COc1cccc(OC)c1-n1c(NS(=O)(=O)C(C)Cc2ncc(Cl)cc2C(N)=O)nnc1-c1ccco1. The number of primary amides is 1. The third kappa shape index (κ3) is 5.22. The summed E-state index contributed by atoms with van der Waals surface area (Å²) < 4.78 is 47.2. The molecule has 3 N–H and O–H groups in total. The molecule has 194 valence electrons. The van der Waals surface area contributed by atoms with Crippen LogP contribution in [0.4, 0.5) is 5.95 Å². The van der Waals surface area contributed by atoms with E-state index in [4.69, 9.17) is 31.2 Å². The van der Waals surface area contributed by atoms with Crippen molar-refractivity contribution in [2.75, 3.05) is 18.9 Å². The smallest absolute Gasteiger partial charge is 0.250 e. The number of rotatable bonds is 10. The summed E-state index contributed by atoms with van der Waals surface area (Å²) in [6.45, 7) is 1.46. The maximum atomic E-state index is 13.4. The number of hydrogen-bond acceptors (Lipinski definition) is 9. The Kier molecular flexibility index (Phi) is 7.36. The molecule has 1 amide bonds. The minimum atomic E-state index is -4.10. The Hall–Kier alpha value is -4.10. The fraction of sp³-hybridized carbons (Fsp3) is 0.217. The molecule has 14 heteroatoms. The van der Waals surface area contributed by atoms with Crippen LogP contribution in [0, 0.1) is 0 Å². The van der Waals surface area contributed by atoms with Gasteiger partial charge < -0.3 is 19.6 Å². The molecule has 12 nitrogen and oxygen atoms in total. The summed E-state index contributed by atoms with van der Waals surface area (Å²) in [4.78, 5) is 15.9. The van der Waals surface area contributed by atoms with Crippen molar-refractivity contribution in [3.63, 3.8) is 0 Å². The van der Waals surface area contributed by atoms with E-state index < -0.39 is 21.2 Å². The first-order valence-corrected chi connectivity index (χ1v) is 12.7. The summed E-state index contributed by atoms with van der Waals surface area (Å²) in [7, 11) is -1.16. The van der Waals surface area contributed by atoms with E-state index in [0.717, 1.165) is 0 Å². The summed E-state index contributed by atoms with van der Waals surface area (Å²) in [5.74, 6) is 0.367. The quantitative estimate of drug-likeness (QED) is 0.304. The van der Waals surface area contributed by atoms with E-state index in [2.05, 4.69) is 19.9 Å². The number of halogens is 1. The van der Waals surface area contributed by atoms with Crippen molar-refractivity contribution in [3.8, 4) is 28.8 Å². The number of carbonyl (C=O) groups is 1. The minimum absolute atomic E-state index is 0.0385. The van der Waals surface area contributed by atoms with Gasteiger partial charge in [0.15, 0.2) is 5.76 Å². The van der Waals surface area contributed by atoms with Crippen LogP contribution >= 0.6 is 11.6 Å². The predicted octanol–water partition coefficient (Wildman–Crippen LogP) is 3.06. The number of methoxy groups -OCH3 is 2. The Bertz CT molecular complexity index is 1520. The van der Waals surface area contributed by atoms with Crippen LogP contribution in [0.5, 0.6) is 11.5 Å². The van der Waals surface area contributed by atoms with E-state index in [9.17, 15) is 13.2 Å². The van der Waals surface area contributed by atoms with Gasteiger partial charge in [0.25, 0.3) is 5.91 Å². The molecular weight excluding hydrogens is 524 g/mol. The molecule has 1 atom stereocenters. The highest BCUT2D eigenvalue weighted by Crippen LogP contribution is 2.38. The number of benzene rings is 1. The second-order valence-corrected chi connectivity index (χ2v) is 10.4. The average Bonchev–Trinajstić information content (AvgIpc) is 3.54. The molecule has 0 aliphatic heterocycles. The first kappa shape index (κ1) is 26.0. The fourth-order valence-corrected chi connectivity index (χ4v) is 4.76. The number of nitrogens with one attached hydrogen (secondary N) is 1. The molecule has 4 aromatic rings. The number of hydrogen-bond donors (Lipinski definition) is 2. The number of sulfonamides is 1. The molecule has 0 saturated carbocycles. The molecule has 3 aromatic heterocycles. The number of anilines is 1. The second kappa shape index (κ2) is 10.5. The van der Waals surface area contributed by atoms with Crippen molar-refractivity contribution in [2.45, 2.75) is 18.6 Å². The number of pyridine rings is 1. The number of furan rings is 1. The number of nitrogens with two attached hydrogens (primary N) is 1. The molecule has 0 aliphatic rings. The van der Waals surface area contributed by atoms with Crippen LogP contribution in [-0.4, -0.2) is 53.5 Å². The molecular formula is C23H23ClN6O6S. The molecule has 3 heterocycles. The average molecular weight is 547 g/mol. The van der Waals surface area contributed by atoms with Crippen LogP contribution in [0.3, 0.4) is 0 Å². The predicted molar refractivity (Wildman–Crippen MR) is 136 cm³/mol. The lowest BCUT2D eigenvalue weighted by Crippen LogP contribution is -2.30. The zero-order chi connectivity index (χ0) is 26.7. The summed E-state index contributed by atoms with van der Waals surface area (Å²) in [6.07, 6.45) is 2.65. The van der Waals surface area contributed by atoms with Gasteiger partial charge in [-0.3, -0.25) is 19.1 Å². The van der Waals surface area contributed by atoms with Gasteiger partial charge in [0, 0.05) is 12.6 Å². The van der Waals surface area contributed by atoms with Crippen molar-refractivity contribution in [1.29, 1.82) is 0 Å². The van der Waals surface area contributed by atoms with Crippen LogP contribution in [0.2, 0.25) is 5.02 Å². The van der Waals surface area contributed by atoms with Crippen LogP contribution in [0.25, 0.3) is 17.3 Å². The summed E-state index contributed by atoms with van der Waals surface area (Å²) >= 11 is 5.92.